The van der Waals surface area contributed by atoms with E-state index in [-0.39, 0.29) is 0 Å². The summed E-state index contributed by atoms with van der Waals surface area (Å²) in [5.41, 5.74) is 3.12. The summed E-state index contributed by atoms with van der Waals surface area (Å²) in [6, 6.07) is 4.36. The van der Waals surface area contributed by atoms with Crippen molar-refractivity contribution in [3.8, 4) is 0 Å². The van der Waals surface area contributed by atoms with Crippen LogP contribution >= 0.6 is 15.9 Å². The molecule has 0 unspecified atom stereocenters. The molecule has 5 rings (SSSR count). The Morgan fingerprint density at radius 3 is 2.77 bits per heavy atom. The fourth-order valence-electron chi connectivity index (χ4n) is 3.93. The third kappa shape index (κ3) is 4.07. The molecule has 0 saturated carbocycles. The van der Waals surface area contributed by atoms with Crippen LogP contribution in [0.3, 0.4) is 0 Å². The lowest BCUT2D eigenvalue weighted by atomic mass is 10.1. The summed E-state index contributed by atoms with van der Waals surface area (Å²) in [7, 11) is 5.14. The van der Waals surface area contributed by atoms with Gasteiger partial charge in [-0.1, -0.05) is 0 Å². The van der Waals surface area contributed by atoms with Crippen molar-refractivity contribution in [2.45, 2.75) is 31.1 Å². The first-order valence-corrected chi connectivity index (χ1v) is 11.5. The van der Waals surface area contributed by atoms with Gasteiger partial charge in [-0.25, -0.2) is 15.0 Å². The molecule has 1 aliphatic heterocycles. The normalized spacial score (nSPS) is 22.1. The Morgan fingerprint density at radius 1 is 1.23 bits per heavy atom. The van der Waals surface area contributed by atoms with Crippen molar-refractivity contribution in [1.82, 2.24) is 29.8 Å². The minimum atomic E-state index is -1.39. The second-order valence-electron chi connectivity index (χ2n) is 8.26. The average molecular weight is 547 g/mol. The molecule has 4 heterocycles. The van der Waals surface area contributed by atoms with E-state index in [2.05, 4.69) is 46.5 Å². The molecule has 1 saturated heterocycles. The van der Waals surface area contributed by atoms with Crippen molar-refractivity contribution in [3.05, 3.63) is 34.8 Å². The predicted octanol–water partition coefficient (Wildman–Crippen LogP) is 0.773. The van der Waals surface area contributed by atoms with Crippen LogP contribution in [0.4, 0.5) is 11.8 Å². The van der Waals surface area contributed by atoms with Crippen LogP contribution in [0.2, 0.25) is 0 Å². The number of ether oxygens (including phenoxy) is 1. The third-order valence-corrected chi connectivity index (χ3v) is 6.30. The van der Waals surface area contributed by atoms with Gasteiger partial charge in [0.05, 0.1) is 10.8 Å². The van der Waals surface area contributed by atoms with Crippen molar-refractivity contribution in [2.24, 2.45) is 0 Å². The number of benzene rings is 1. The van der Waals surface area contributed by atoms with E-state index in [1.807, 2.05) is 26.2 Å². The number of nitrogens with one attached hydrogen (secondary N) is 2. The van der Waals surface area contributed by atoms with Crippen molar-refractivity contribution in [2.75, 3.05) is 31.4 Å². The van der Waals surface area contributed by atoms with Crippen LogP contribution in [0.1, 0.15) is 11.8 Å². The number of carbonyl (C=O) groups is 1. The second kappa shape index (κ2) is 9.03. The zero-order valence-corrected chi connectivity index (χ0v) is 20.6. The molecule has 1 aliphatic rings. The maximum Gasteiger partial charge on any atom is 0.297 e. The number of hydrogen-bond acceptors (Lipinski definition) is 11. The first-order valence-electron chi connectivity index (χ1n) is 10.7. The van der Waals surface area contributed by atoms with E-state index in [0.717, 1.165) is 10.0 Å². The number of anilines is 2. The zero-order chi connectivity index (χ0) is 24.9. The van der Waals surface area contributed by atoms with Gasteiger partial charge in [-0.2, -0.15) is 4.98 Å². The lowest BCUT2D eigenvalue weighted by molar-refractivity contribution is -0.137. The fraction of sp³-hybridized carbons (Fsp3) is 0.381. The molecule has 35 heavy (non-hydrogen) atoms. The summed E-state index contributed by atoms with van der Waals surface area (Å²) >= 11 is 3.54. The number of rotatable bonds is 6. The second-order valence-corrected chi connectivity index (χ2v) is 9.11. The van der Waals surface area contributed by atoms with Crippen LogP contribution in [0, 0.1) is 0 Å². The number of amides is 1. The van der Waals surface area contributed by atoms with Gasteiger partial charge in [-0.05, 0) is 33.6 Å². The summed E-state index contributed by atoms with van der Waals surface area (Å²) < 4.78 is 13.7. The highest BCUT2D eigenvalue weighted by Gasteiger charge is 2.47. The Bertz CT molecular complexity index is 1410. The largest absolute Gasteiger partial charge is 0.422 e. The molecule has 1 amide bonds. The maximum absolute atomic E-state index is 12.0. The van der Waals surface area contributed by atoms with Crippen LogP contribution < -0.4 is 15.5 Å². The van der Waals surface area contributed by atoms with Crippen molar-refractivity contribution in [1.29, 1.82) is 0 Å². The van der Waals surface area contributed by atoms with E-state index >= 15 is 0 Å². The Labute approximate surface area is 207 Å². The van der Waals surface area contributed by atoms with Crippen molar-refractivity contribution in [3.63, 3.8) is 0 Å². The van der Waals surface area contributed by atoms with Gasteiger partial charge in [-0.15, -0.1) is 0 Å². The monoisotopic (exact) mass is 546 g/mol. The Morgan fingerprint density at radius 2 is 2.03 bits per heavy atom. The smallest absolute Gasteiger partial charge is 0.297 e. The van der Waals surface area contributed by atoms with E-state index in [1.54, 1.807) is 4.90 Å². The molecule has 0 radical (unpaired) electrons. The maximum atomic E-state index is 12.0. The molecular formula is C21H23BrN8O5. The SMILES string of the molecule is CNC(=O)[C@H]1O[C@@H](n2cnc3c(NCc4cc(Br)c5oc(N(C)C)nc5c4)ncnc32)[C@H](O)[C@@H]1O. The molecule has 3 aromatic heterocycles. The summed E-state index contributed by atoms with van der Waals surface area (Å²) in [6.45, 7) is 0.414. The van der Waals surface area contributed by atoms with Crippen LogP contribution in [0.25, 0.3) is 22.3 Å². The number of carbonyl (C=O) groups excluding carboxylic acids is 1. The Kier molecular flexibility index (Phi) is 6.04. The number of oxazole rings is 1. The molecule has 1 fully saturated rings. The minimum absolute atomic E-state index is 0.375. The quantitative estimate of drug-likeness (QED) is 0.270. The highest BCUT2D eigenvalue weighted by atomic mass is 79.9. The highest BCUT2D eigenvalue weighted by Crippen LogP contribution is 2.33. The van der Waals surface area contributed by atoms with Gasteiger partial charge in [-0.3, -0.25) is 9.36 Å². The van der Waals surface area contributed by atoms with Crippen LogP contribution in [0.5, 0.6) is 0 Å². The summed E-state index contributed by atoms with van der Waals surface area (Å²) in [6.07, 6.45) is -2.21. The van der Waals surface area contributed by atoms with Crippen LogP contribution in [0.15, 0.2) is 33.7 Å². The molecule has 184 valence electrons. The number of imidazole rings is 1. The van der Waals surface area contributed by atoms with Crippen molar-refractivity contribution < 1.29 is 24.2 Å². The lowest BCUT2D eigenvalue weighted by Gasteiger charge is -2.16. The molecule has 14 heteroatoms. The minimum Gasteiger partial charge on any atom is -0.422 e. The molecule has 0 spiro atoms. The summed E-state index contributed by atoms with van der Waals surface area (Å²) in [5, 5.41) is 26.4. The number of fused-ring (bicyclic) bond motifs is 2. The number of hydrogen-bond donors (Lipinski definition) is 4. The molecule has 0 bridgehead atoms. The molecule has 4 atom stereocenters. The molecule has 0 aliphatic carbocycles. The summed E-state index contributed by atoms with van der Waals surface area (Å²) in [5.74, 6) is -0.0663. The molecule has 4 aromatic rings. The predicted molar refractivity (Wildman–Crippen MR) is 129 cm³/mol. The van der Waals surface area contributed by atoms with Crippen LogP contribution in [-0.4, -0.2) is 80.1 Å². The topological polar surface area (TPSA) is 164 Å². The Hall–Kier alpha value is -3.33. The number of aromatic nitrogens is 5. The van der Waals surface area contributed by atoms with Gasteiger partial charge >= 0.3 is 0 Å². The number of nitrogens with zero attached hydrogens (tertiary/aromatic N) is 6. The number of likely N-dealkylation sites (N-methyl/N-ethyl adjacent to an activating group) is 1. The average Bonchev–Trinajstić information content (AvgIpc) is 3.54. The first kappa shape index (κ1) is 23.4. The third-order valence-electron chi connectivity index (χ3n) is 5.71. The van der Waals surface area contributed by atoms with Gasteiger partial charge in [0.25, 0.3) is 11.9 Å². The highest BCUT2D eigenvalue weighted by molar-refractivity contribution is 9.10. The number of halogens is 1. The standard InChI is InChI=1S/C21H23BrN8O5/c1-23-19(33)16-13(31)14(32)20(34-16)30-8-27-12-17(25-7-26-18(12)30)24-6-9-4-10(22)15-11(5-9)28-21(35-15)29(2)3/h4-5,7-8,13-14,16,20,31-32H,6H2,1-3H3,(H,23,33)(H,24,25,26)/t13-,14+,16-,20+/m0/s1. The van der Waals surface area contributed by atoms with Gasteiger partial charge in [0.15, 0.2) is 34.9 Å². The molecule has 4 N–H and O–H groups in total. The molecule has 1 aromatic carbocycles. The zero-order valence-electron chi connectivity index (χ0n) is 19.0. The van der Waals surface area contributed by atoms with Crippen molar-refractivity contribution >= 4 is 55.9 Å². The van der Waals surface area contributed by atoms with E-state index in [4.69, 9.17) is 9.15 Å². The van der Waals surface area contributed by atoms with Gasteiger partial charge in [0.2, 0.25) is 0 Å². The van der Waals surface area contributed by atoms with Gasteiger partial charge < -0.3 is 34.9 Å². The number of aliphatic hydroxyl groups is 2. The Balaban J connectivity index is 1.40. The van der Waals surface area contributed by atoms with Gasteiger partial charge in [0.1, 0.15) is 24.1 Å². The van der Waals surface area contributed by atoms with Crippen LogP contribution in [-0.2, 0) is 16.1 Å². The molecule has 13 nitrogen and oxygen atoms in total. The van der Waals surface area contributed by atoms with E-state index in [0.29, 0.717) is 40.6 Å². The van der Waals surface area contributed by atoms with E-state index in [9.17, 15) is 15.0 Å². The fourth-order valence-corrected chi connectivity index (χ4v) is 4.51. The first-order chi connectivity index (χ1) is 16.8. The van der Waals surface area contributed by atoms with Gasteiger partial charge in [0, 0.05) is 27.7 Å². The summed E-state index contributed by atoms with van der Waals surface area (Å²) in [4.78, 5) is 31.2. The molecular weight excluding hydrogens is 524 g/mol. The lowest BCUT2D eigenvalue weighted by Crippen LogP contribution is -2.41. The van der Waals surface area contributed by atoms with E-state index < -0.39 is 30.4 Å². The number of aliphatic hydroxyl groups excluding tert-OH is 2. The van der Waals surface area contributed by atoms with E-state index in [1.165, 1.54) is 24.3 Å².